The van der Waals surface area contributed by atoms with Crippen LogP contribution >= 0.6 is 15.9 Å². The minimum atomic E-state index is -3.50. The Labute approximate surface area is 135 Å². The first-order chi connectivity index (χ1) is 9.92. The third kappa shape index (κ3) is 4.50. The van der Waals surface area contributed by atoms with Gasteiger partial charge in [-0.05, 0) is 72.5 Å². The van der Waals surface area contributed by atoms with E-state index >= 15 is 0 Å². The Morgan fingerprint density at radius 1 is 1.38 bits per heavy atom. The van der Waals surface area contributed by atoms with Crippen molar-refractivity contribution in [2.45, 2.75) is 24.3 Å². The zero-order chi connectivity index (χ0) is 15.5. The van der Waals surface area contributed by atoms with Crippen molar-refractivity contribution in [3.63, 3.8) is 0 Å². The SMILES string of the molecule is CN1CCC(CNS(=O)(=O)c2cc(CN)ccc2Br)CC1. The quantitative estimate of drug-likeness (QED) is 0.817. The van der Waals surface area contributed by atoms with Crippen LogP contribution in [0.15, 0.2) is 27.6 Å². The molecule has 5 nitrogen and oxygen atoms in total. The summed E-state index contributed by atoms with van der Waals surface area (Å²) in [5.74, 6) is 0.410. The summed E-state index contributed by atoms with van der Waals surface area (Å²) in [4.78, 5) is 2.53. The largest absolute Gasteiger partial charge is 0.326 e. The van der Waals surface area contributed by atoms with Crippen molar-refractivity contribution in [3.05, 3.63) is 28.2 Å². The molecule has 21 heavy (non-hydrogen) atoms. The van der Waals surface area contributed by atoms with E-state index in [0.717, 1.165) is 31.5 Å². The molecule has 0 bridgehead atoms. The molecule has 1 aromatic rings. The van der Waals surface area contributed by atoms with E-state index < -0.39 is 10.0 Å². The smallest absolute Gasteiger partial charge is 0.241 e. The molecular formula is C14H22BrN3O2S. The second-order valence-corrected chi connectivity index (χ2v) is 8.16. The van der Waals surface area contributed by atoms with Gasteiger partial charge in [0.15, 0.2) is 0 Å². The summed E-state index contributed by atoms with van der Waals surface area (Å²) in [7, 11) is -1.41. The topological polar surface area (TPSA) is 75.4 Å². The molecule has 1 aliphatic rings. The van der Waals surface area contributed by atoms with Crippen LogP contribution in [0.4, 0.5) is 0 Å². The number of benzene rings is 1. The van der Waals surface area contributed by atoms with E-state index in [4.69, 9.17) is 5.73 Å². The molecule has 1 heterocycles. The molecule has 1 aliphatic heterocycles. The van der Waals surface area contributed by atoms with Gasteiger partial charge >= 0.3 is 0 Å². The van der Waals surface area contributed by atoms with Gasteiger partial charge in [0.2, 0.25) is 10.0 Å². The first-order valence-corrected chi connectivity index (χ1v) is 9.36. The zero-order valence-electron chi connectivity index (χ0n) is 12.2. The predicted molar refractivity (Wildman–Crippen MR) is 87.4 cm³/mol. The average Bonchev–Trinajstić information content (AvgIpc) is 2.47. The third-order valence-electron chi connectivity index (χ3n) is 3.92. The number of piperidine rings is 1. The maximum atomic E-state index is 12.4. The molecule has 2 rings (SSSR count). The van der Waals surface area contributed by atoms with Gasteiger partial charge in [0.1, 0.15) is 0 Å². The van der Waals surface area contributed by atoms with Crippen LogP contribution in [0.2, 0.25) is 0 Å². The molecule has 1 aromatic carbocycles. The highest BCUT2D eigenvalue weighted by atomic mass is 79.9. The second kappa shape index (κ2) is 7.19. The first kappa shape index (κ1) is 16.9. The highest BCUT2D eigenvalue weighted by Gasteiger charge is 2.22. The lowest BCUT2D eigenvalue weighted by molar-refractivity contribution is 0.220. The van der Waals surface area contributed by atoms with Crippen molar-refractivity contribution in [2.24, 2.45) is 11.7 Å². The van der Waals surface area contributed by atoms with Crippen LogP contribution < -0.4 is 10.5 Å². The van der Waals surface area contributed by atoms with Gasteiger partial charge in [0, 0.05) is 17.6 Å². The molecule has 7 heteroatoms. The molecule has 0 unspecified atom stereocenters. The Bertz CT molecular complexity index is 584. The maximum Gasteiger partial charge on any atom is 0.241 e. The Balaban J connectivity index is 2.05. The van der Waals surface area contributed by atoms with Crippen LogP contribution in [0.5, 0.6) is 0 Å². The molecular weight excluding hydrogens is 354 g/mol. The summed E-state index contributed by atoms with van der Waals surface area (Å²) in [6, 6.07) is 5.17. The van der Waals surface area contributed by atoms with E-state index in [2.05, 4.69) is 32.6 Å². The predicted octanol–water partition coefficient (Wildman–Crippen LogP) is 1.53. The number of likely N-dealkylation sites (tertiary alicyclic amines) is 1. The van der Waals surface area contributed by atoms with Gasteiger partial charge in [-0.2, -0.15) is 0 Å². The van der Waals surface area contributed by atoms with Crippen molar-refractivity contribution in [3.8, 4) is 0 Å². The number of nitrogens with two attached hydrogens (primary N) is 1. The number of halogens is 1. The highest BCUT2D eigenvalue weighted by Crippen LogP contribution is 2.24. The van der Waals surface area contributed by atoms with Gasteiger partial charge in [0.05, 0.1) is 4.90 Å². The summed E-state index contributed by atoms with van der Waals surface area (Å²) in [6.45, 7) is 2.87. The van der Waals surface area contributed by atoms with Crippen LogP contribution in [-0.4, -0.2) is 40.0 Å². The van der Waals surface area contributed by atoms with E-state index in [0.29, 0.717) is 23.5 Å². The van der Waals surface area contributed by atoms with E-state index in [1.807, 2.05) is 6.07 Å². The molecule has 0 spiro atoms. The van der Waals surface area contributed by atoms with Crippen molar-refractivity contribution in [2.75, 3.05) is 26.7 Å². The van der Waals surface area contributed by atoms with Gasteiger partial charge in [-0.1, -0.05) is 6.07 Å². The fourth-order valence-corrected chi connectivity index (χ4v) is 4.58. The van der Waals surface area contributed by atoms with Gasteiger partial charge in [-0.3, -0.25) is 0 Å². The number of rotatable bonds is 5. The fraction of sp³-hybridized carbons (Fsp3) is 0.571. The lowest BCUT2D eigenvalue weighted by Gasteiger charge is -2.28. The molecule has 0 amide bonds. The summed E-state index contributed by atoms with van der Waals surface area (Å²) in [5.41, 5.74) is 6.38. The lowest BCUT2D eigenvalue weighted by Crippen LogP contribution is -2.37. The van der Waals surface area contributed by atoms with Gasteiger partial charge < -0.3 is 10.6 Å². The Morgan fingerprint density at radius 3 is 2.67 bits per heavy atom. The lowest BCUT2D eigenvalue weighted by atomic mass is 9.98. The second-order valence-electron chi connectivity index (χ2n) is 5.57. The third-order valence-corrected chi connectivity index (χ3v) is 6.34. The summed E-state index contributed by atoms with van der Waals surface area (Å²) < 4.78 is 28.2. The van der Waals surface area contributed by atoms with E-state index in [1.165, 1.54) is 0 Å². The molecule has 1 fully saturated rings. The van der Waals surface area contributed by atoms with Crippen LogP contribution in [0.25, 0.3) is 0 Å². The number of hydrogen-bond acceptors (Lipinski definition) is 4. The Hall–Kier alpha value is -0.470. The van der Waals surface area contributed by atoms with Crippen LogP contribution in [0.3, 0.4) is 0 Å². The summed E-state index contributed by atoms with van der Waals surface area (Å²) in [6.07, 6.45) is 2.06. The standard InChI is InChI=1S/C14H22BrN3O2S/c1-18-6-4-11(5-7-18)10-17-21(19,20)14-8-12(9-16)2-3-13(14)15/h2-3,8,11,17H,4-7,9-10,16H2,1H3. The minimum absolute atomic E-state index is 0.262. The molecule has 1 saturated heterocycles. The molecule has 0 saturated carbocycles. The Morgan fingerprint density at radius 2 is 2.05 bits per heavy atom. The molecule has 0 radical (unpaired) electrons. The zero-order valence-corrected chi connectivity index (χ0v) is 14.6. The number of nitrogens with one attached hydrogen (secondary N) is 1. The number of nitrogens with zero attached hydrogens (tertiary/aromatic N) is 1. The minimum Gasteiger partial charge on any atom is -0.326 e. The number of hydrogen-bond donors (Lipinski definition) is 2. The van der Waals surface area contributed by atoms with Crippen molar-refractivity contribution >= 4 is 26.0 Å². The van der Waals surface area contributed by atoms with Crippen LogP contribution in [0, 0.1) is 5.92 Å². The van der Waals surface area contributed by atoms with Crippen molar-refractivity contribution < 1.29 is 8.42 Å². The van der Waals surface area contributed by atoms with Crippen LogP contribution in [0.1, 0.15) is 18.4 Å². The fourth-order valence-electron chi connectivity index (χ4n) is 2.45. The van der Waals surface area contributed by atoms with Crippen LogP contribution in [-0.2, 0) is 16.6 Å². The normalized spacial score (nSPS) is 18.0. The van der Waals surface area contributed by atoms with Gasteiger partial charge in [0.25, 0.3) is 0 Å². The molecule has 0 aliphatic carbocycles. The van der Waals surface area contributed by atoms with E-state index in [1.54, 1.807) is 12.1 Å². The van der Waals surface area contributed by atoms with E-state index in [-0.39, 0.29) is 4.90 Å². The number of sulfonamides is 1. The van der Waals surface area contributed by atoms with E-state index in [9.17, 15) is 8.42 Å². The Kier molecular flexibility index (Phi) is 5.79. The van der Waals surface area contributed by atoms with Gasteiger partial charge in [-0.25, -0.2) is 13.1 Å². The maximum absolute atomic E-state index is 12.4. The van der Waals surface area contributed by atoms with Crippen molar-refractivity contribution in [1.29, 1.82) is 0 Å². The monoisotopic (exact) mass is 375 g/mol. The summed E-state index contributed by atoms with van der Waals surface area (Å²) >= 11 is 3.30. The molecule has 118 valence electrons. The summed E-state index contributed by atoms with van der Waals surface area (Å²) in [5, 5.41) is 0. The molecule has 0 aromatic heterocycles. The molecule has 0 atom stereocenters. The van der Waals surface area contributed by atoms with Crippen molar-refractivity contribution in [1.82, 2.24) is 9.62 Å². The highest BCUT2D eigenvalue weighted by molar-refractivity contribution is 9.10. The van der Waals surface area contributed by atoms with Gasteiger partial charge in [-0.15, -0.1) is 0 Å². The molecule has 3 N–H and O–H groups in total. The first-order valence-electron chi connectivity index (χ1n) is 7.09. The average molecular weight is 376 g/mol.